The Morgan fingerprint density at radius 1 is 1.39 bits per heavy atom. The van der Waals surface area contributed by atoms with E-state index in [0.29, 0.717) is 19.5 Å². The third-order valence-electron chi connectivity index (χ3n) is 3.81. The normalized spacial score (nSPS) is 26.6. The number of piperidine rings is 1. The maximum Gasteiger partial charge on any atom is 0.225 e. The summed E-state index contributed by atoms with van der Waals surface area (Å²) in [5.41, 5.74) is 5.58. The Morgan fingerprint density at radius 3 is 2.67 bits per heavy atom. The fourth-order valence-electron chi connectivity index (χ4n) is 2.64. The van der Waals surface area contributed by atoms with Crippen LogP contribution in [0, 0.1) is 5.92 Å². The summed E-state index contributed by atoms with van der Waals surface area (Å²) in [6.07, 6.45) is 4.20. The lowest BCUT2D eigenvalue weighted by atomic mass is 9.95. The van der Waals surface area contributed by atoms with Gasteiger partial charge in [0.2, 0.25) is 5.91 Å². The number of oxime groups is 1. The monoisotopic (exact) mass is 255 g/mol. The van der Waals surface area contributed by atoms with Gasteiger partial charge in [-0.1, -0.05) is 5.16 Å². The maximum atomic E-state index is 12.0. The van der Waals surface area contributed by atoms with Crippen LogP contribution < -0.4 is 5.73 Å². The average Bonchev–Trinajstić information content (AvgIpc) is 2.91. The molecule has 0 spiro atoms. The van der Waals surface area contributed by atoms with E-state index in [1.165, 1.54) is 0 Å². The second kappa shape index (κ2) is 6.04. The van der Waals surface area contributed by atoms with Crippen molar-refractivity contribution < 1.29 is 14.7 Å². The summed E-state index contributed by atoms with van der Waals surface area (Å²) < 4.78 is 5.47. The molecule has 0 saturated carbocycles. The molecule has 6 heteroatoms. The lowest BCUT2D eigenvalue weighted by Crippen LogP contribution is -2.42. The number of amides is 1. The quantitative estimate of drug-likeness (QED) is 0.333. The summed E-state index contributed by atoms with van der Waals surface area (Å²) in [5, 5.41) is 11.7. The van der Waals surface area contributed by atoms with Crippen molar-refractivity contribution in [2.75, 3.05) is 19.7 Å². The van der Waals surface area contributed by atoms with E-state index < -0.39 is 0 Å². The molecule has 0 aromatic heterocycles. The molecule has 2 aliphatic heterocycles. The highest BCUT2D eigenvalue weighted by Gasteiger charge is 2.27. The number of likely N-dealkylation sites (tertiary alicyclic amines) is 1. The summed E-state index contributed by atoms with van der Waals surface area (Å²) >= 11 is 0. The van der Waals surface area contributed by atoms with Crippen molar-refractivity contribution in [1.82, 2.24) is 4.90 Å². The van der Waals surface area contributed by atoms with E-state index in [9.17, 15) is 4.79 Å². The van der Waals surface area contributed by atoms with Gasteiger partial charge in [0.05, 0.1) is 12.5 Å². The molecule has 3 N–H and O–H groups in total. The van der Waals surface area contributed by atoms with Gasteiger partial charge in [0.1, 0.15) is 5.84 Å². The van der Waals surface area contributed by atoms with E-state index in [4.69, 9.17) is 15.7 Å². The minimum Gasteiger partial charge on any atom is -0.409 e. The summed E-state index contributed by atoms with van der Waals surface area (Å²) in [6.45, 7) is 2.16. The summed E-state index contributed by atoms with van der Waals surface area (Å²) in [4.78, 5) is 13.9. The van der Waals surface area contributed by atoms with Crippen molar-refractivity contribution in [1.29, 1.82) is 0 Å². The van der Waals surface area contributed by atoms with Gasteiger partial charge < -0.3 is 20.6 Å². The highest BCUT2D eigenvalue weighted by atomic mass is 16.5. The van der Waals surface area contributed by atoms with Gasteiger partial charge in [0, 0.05) is 25.6 Å². The van der Waals surface area contributed by atoms with Gasteiger partial charge in [-0.3, -0.25) is 4.79 Å². The van der Waals surface area contributed by atoms with Crippen LogP contribution in [0.1, 0.15) is 32.1 Å². The Balaban J connectivity index is 1.76. The fourth-order valence-corrected chi connectivity index (χ4v) is 2.64. The number of hydrogen-bond acceptors (Lipinski definition) is 4. The zero-order valence-corrected chi connectivity index (χ0v) is 10.5. The molecule has 0 radical (unpaired) electrons. The molecule has 102 valence electrons. The lowest BCUT2D eigenvalue weighted by molar-refractivity contribution is -0.134. The van der Waals surface area contributed by atoms with Crippen LogP contribution in [-0.4, -0.2) is 47.7 Å². The Kier molecular flexibility index (Phi) is 4.41. The van der Waals surface area contributed by atoms with Crippen LogP contribution in [0.3, 0.4) is 0 Å². The van der Waals surface area contributed by atoms with Crippen LogP contribution >= 0.6 is 0 Å². The zero-order chi connectivity index (χ0) is 13.0. The van der Waals surface area contributed by atoms with Crippen LogP contribution in [0.25, 0.3) is 0 Å². The van der Waals surface area contributed by atoms with Crippen molar-refractivity contribution in [2.24, 2.45) is 16.8 Å². The number of ether oxygens (including phenoxy) is 1. The molecule has 2 rings (SSSR count). The molecule has 2 fully saturated rings. The minimum absolute atomic E-state index is 0.0989. The molecule has 18 heavy (non-hydrogen) atoms. The van der Waals surface area contributed by atoms with Crippen LogP contribution in [0.4, 0.5) is 0 Å². The molecule has 2 aliphatic rings. The van der Waals surface area contributed by atoms with E-state index in [0.717, 1.165) is 32.3 Å². The predicted molar refractivity (Wildman–Crippen MR) is 66.3 cm³/mol. The molecule has 2 heterocycles. The molecule has 1 unspecified atom stereocenters. The van der Waals surface area contributed by atoms with Crippen LogP contribution in [0.15, 0.2) is 5.16 Å². The van der Waals surface area contributed by atoms with Crippen molar-refractivity contribution in [3.05, 3.63) is 0 Å². The first-order chi connectivity index (χ1) is 8.70. The second-order valence-corrected chi connectivity index (χ2v) is 5.02. The first-order valence-corrected chi connectivity index (χ1v) is 6.57. The molecule has 0 aliphatic carbocycles. The van der Waals surface area contributed by atoms with Crippen molar-refractivity contribution in [3.63, 3.8) is 0 Å². The topological polar surface area (TPSA) is 88.2 Å². The number of hydrogen-bond donors (Lipinski definition) is 2. The first-order valence-electron chi connectivity index (χ1n) is 6.57. The standard InChI is InChI=1S/C12H21N3O3/c13-12(14-17)9-3-5-15(6-4-9)11(16)8-10-2-1-7-18-10/h9-10,17H,1-8H2,(H2,13,14). The summed E-state index contributed by atoms with van der Waals surface area (Å²) in [7, 11) is 0. The van der Waals surface area contributed by atoms with E-state index in [1.54, 1.807) is 0 Å². The fraction of sp³-hybridized carbons (Fsp3) is 0.833. The Hall–Kier alpha value is -1.30. The first kappa shape index (κ1) is 13.1. The number of nitrogens with zero attached hydrogens (tertiary/aromatic N) is 2. The lowest BCUT2D eigenvalue weighted by Gasteiger charge is -2.31. The van der Waals surface area contributed by atoms with Crippen LogP contribution in [0.2, 0.25) is 0 Å². The van der Waals surface area contributed by atoms with Gasteiger partial charge in [0.15, 0.2) is 0 Å². The van der Waals surface area contributed by atoms with Gasteiger partial charge >= 0.3 is 0 Å². The Bertz CT molecular complexity index is 319. The number of nitrogens with two attached hydrogens (primary N) is 1. The van der Waals surface area contributed by atoms with Crippen molar-refractivity contribution in [2.45, 2.75) is 38.2 Å². The summed E-state index contributed by atoms with van der Waals surface area (Å²) in [5.74, 6) is 0.544. The maximum absolute atomic E-state index is 12.0. The highest BCUT2D eigenvalue weighted by molar-refractivity contribution is 5.83. The molecule has 0 aromatic rings. The molecular formula is C12H21N3O3. The van der Waals surface area contributed by atoms with Gasteiger partial charge in [-0.05, 0) is 25.7 Å². The number of carbonyl (C=O) groups excluding carboxylic acids is 1. The summed E-state index contributed by atoms with van der Waals surface area (Å²) in [6, 6.07) is 0. The van der Waals surface area contributed by atoms with E-state index >= 15 is 0 Å². The molecule has 0 bridgehead atoms. The van der Waals surface area contributed by atoms with Gasteiger partial charge in [0.25, 0.3) is 0 Å². The van der Waals surface area contributed by atoms with Crippen LogP contribution in [-0.2, 0) is 9.53 Å². The second-order valence-electron chi connectivity index (χ2n) is 5.02. The van der Waals surface area contributed by atoms with Crippen molar-refractivity contribution >= 4 is 11.7 Å². The highest BCUT2D eigenvalue weighted by Crippen LogP contribution is 2.21. The number of amidine groups is 1. The number of rotatable bonds is 3. The molecule has 1 amide bonds. The van der Waals surface area contributed by atoms with E-state index in [2.05, 4.69) is 5.16 Å². The predicted octanol–water partition coefficient (Wildman–Crippen LogP) is 0.540. The molecule has 6 nitrogen and oxygen atoms in total. The van der Waals surface area contributed by atoms with Gasteiger partial charge in [-0.15, -0.1) is 0 Å². The Morgan fingerprint density at radius 2 is 2.11 bits per heavy atom. The molecule has 1 atom stereocenters. The molecular weight excluding hydrogens is 234 g/mol. The van der Waals surface area contributed by atoms with E-state index in [1.807, 2.05) is 4.90 Å². The van der Waals surface area contributed by atoms with Crippen molar-refractivity contribution in [3.8, 4) is 0 Å². The molecule has 2 saturated heterocycles. The largest absolute Gasteiger partial charge is 0.409 e. The average molecular weight is 255 g/mol. The number of carbonyl (C=O) groups is 1. The minimum atomic E-state index is 0.0989. The third-order valence-corrected chi connectivity index (χ3v) is 3.81. The molecule has 0 aromatic carbocycles. The smallest absolute Gasteiger partial charge is 0.225 e. The third kappa shape index (κ3) is 3.13. The Labute approximate surface area is 107 Å². The van der Waals surface area contributed by atoms with Gasteiger partial charge in [-0.2, -0.15) is 0 Å². The van der Waals surface area contributed by atoms with Crippen LogP contribution in [0.5, 0.6) is 0 Å². The van der Waals surface area contributed by atoms with Gasteiger partial charge in [-0.25, -0.2) is 0 Å². The zero-order valence-electron chi connectivity index (χ0n) is 10.5. The van der Waals surface area contributed by atoms with E-state index in [-0.39, 0.29) is 23.8 Å². The SMILES string of the molecule is NC(=NO)C1CCN(C(=O)CC2CCCO2)CC1.